The third-order valence-corrected chi connectivity index (χ3v) is 3.73. The van der Waals surface area contributed by atoms with Gasteiger partial charge in [0.25, 0.3) is 0 Å². The van der Waals surface area contributed by atoms with Gasteiger partial charge in [0.15, 0.2) is 0 Å². The van der Waals surface area contributed by atoms with Crippen molar-refractivity contribution in [1.29, 1.82) is 0 Å². The largest absolute Gasteiger partial charge is 0.379 e. The smallest absolute Gasteiger partial charge is 0.0779 e. The first-order valence-corrected chi connectivity index (χ1v) is 7.46. The Morgan fingerprint density at radius 1 is 1.44 bits per heavy atom. The molecule has 5 heteroatoms. The number of hydrogen-bond acceptors (Lipinski definition) is 3. The molecule has 18 heavy (non-hydrogen) atoms. The van der Waals surface area contributed by atoms with Crippen molar-refractivity contribution in [3.63, 3.8) is 0 Å². The van der Waals surface area contributed by atoms with Gasteiger partial charge in [-0.3, -0.25) is 4.68 Å². The highest BCUT2D eigenvalue weighted by Gasteiger charge is 2.26. The Balaban J connectivity index is 3.03. The molecule has 0 aliphatic carbocycles. The zero-order chi connectivity index (χ0) is 13.5. The number of halogens is 1. The van der Waals surface area contributed by atoms with Gasteiger partial charge in [0.2, 0.25) is 0 Å². The first kappa shape index (κ1) is 15.7. The third kappa shape index (κ3) is 3.56. The third-order valence-electron chi connectivity index (χ3n) is 3.12. The lowest BCUT2D eigenvalue weighted by Crippen LogP contribution is -2.35. The van der Waals surface area contributed by atoms with Gasteiger partial charge in [-0.2, -0.15) is 5.10 Å². The van der Waals surface area contributed by atoms with E-state index in [9.17, 15) is 0 Å². The zero-order valence-corrected chi connectivity index (χ0v) is 13.3. The summed E-state index contributed by atoms with van der Waals surface area (Å²) in [4.78, 5) is 0. The minimum Gasteiger partial charge on any atom is -0.379 e. The lowest BCUT2D eigenvalue weighted by molar-refractivity contribution is 0.0620. The number of aromatic nitrogens is 2. The van der Waals surface area contributed by atoms with Gasteiger partial charge in [0.1, 0.15) is 0 Å². The van der Waals surface area contributed by atoms with Crippen LogP contribution in [0.2, 0.25) is 0 Å². The van der Waals surface area contributed by atoms with E-state index in [1.807, 2.05) is 10.9 Å². The van der Waals surface area contributed by atoms with Crippen LogP contribution in [0.4, 0.5) is 0 Å². The van der Waals surface area contributed by atoms with E-state index in [1.165, 1.54) is 5.69 Å². The molecular formula is C13H24BrN3O. The average Bonchev–Trinajstić information content (AvgIpc) is 2.75. The van der Waals surface area contributed by atoms with Gasteiger partial charge in [0, 0.05) is 13.7 Å². The van der Waals surface area contributed by atoms with Crippen LogP contribution in [0.15, 0.2) is 10.7 Å². The fourth-order valence-electron chi connectivity index (χ4n) is 2.18. The topological polar surface area (TPSA) is 39.1 Å². The molecule has 0 aliphatic rings. The summed E-state index contributed by atoms with van der Waals surface area (Å²) >= 11 is 3.60. The summed E-state index contributed by atoms with van der Waals surface area (Å²) in [6, 6.07) is 0.178. The zero-order valence-electron chi connectivity index (χ0n) is 11.7. The Hall–Kier alpha value is -0.390. The molecule has 0 saturated carbocycles. The maximum absolute atomic E-state index is 5.61. The standard InChI is InChI=1S/C13H24BrN3O/c1-5-8-15-12(11(6-2)18-4)13-10(14)9-16-17(13)7-3/h9,11-12,15H,5-8H2,1-4H3. The van der Waals surface area contributed by atoms with E-state index in [0.717, 1.165) is 30.4 Å². The van der Waals surface area contributed by atoms with Crippen LogP contribution in [0.5, 0.6) is 0 Å². The van der Waals surface area contributed by atoms with Crippen molar-refractivity contribution in [3.05, 3.63) is 16.4 Å². The monoisotopic (exact) mass is 317 g/mol. The summed E-state index contributed by atoms with van der Waals surface area (Å²) in [5, 5.41) is 7.96. The Kier molecular flexibility index (Phi) is 6.89. The molecule has 1 aromatic heterocycles. The fraction of sp³-hybridized carbons (Fsp3) is 0.769. The highest BCUT2D eigenvalue weighted by Crippen LogP contribution is 2.28. The number of methoxy groups -OCH3 is 1. The summed E-state index contributed by atoms with van der Waals surface area (Å²) in [5.74, 6) is 0. The quantitative estimate of drug-likeness (QED) is 0.800. The van der Waals surface area contributed by atoms with E-state index in [0.29, 0.717) is 0 Å². The van der Waals surface area contributed by atoms with Crippen LogP contribution in [0.25, 0.3) is 0 Å². The maximum Gasteiger partial charge on any atom is 0.0779 e. The lowest BCUT2D eigenvalue weighted by Gasteiger charge is -2.27. The van der Waals surface area contributed by atoms with Crippen LogP contribution in [0.3, 0.4) is 0 Å². The molecule has 0 aromatic carbocycles. The van der Waals surface area contributed by atoms with Crippen LogP contribution in [-0.4, -0.2) is 29.5 Å². The van der Waals surface area contributed by atoms with E-state index in [2.05, 4.69) is 47.1 Å². The predicted molar refractivity (Wildman–Crippen MR) is 77.7 cm³/mol. The summed E-state index contributed by atoms with van der Waals surface area (Å²) < 4.78 is 8.69. The Morgan fingerprint density at radius 2 is 2.17 bits per heavy atom. The SMILES string of the molecule is CCCNC(c1c(Br)cnn1CC)C(CC)OC. The summed E-state index contributed by atoms with van der Waals surface area (Å²) in [7, 11) is 1.77. The highest BCUT2D eigenvalue weighted by atomic mass is 79.9. The molecule has 0 aliphatic heterocycles. The van der Waals surface area contributed by atoms with E-state index in [4.69, 9.17) is 4.74 Å². The summed E-state index contributed by atoms with van der Waals surface area (Å²) in [6.07, 6.45) is 4.10. The number of nitrogens with one attached hydrogen (secondary N) is 1. The second kappa shape index (κ2) is 7.92. The number of aryl methyl sites for hydroxylation is 1. The average molecular weight is 318 g/mol. The van der Waals surface area contributed by atoms with Crippen molar-refractivity contribution in [2.24, 2.45) is 0 Å². The Bertz CT molecular complexity index is 350. The fourth-order valence-corrected chi connectivity index (χ4v) is 2.72. The van der Waals surface area contributed by atoms with E-state index in [-0.39, 0.29) is 12.1 Å². The normalized spacial score (nSPS) is 14.7. The molecule has 1 N–H and O–H groups in total. The van der Waals surface area contributed by atoms with Crippen LogP contribution in [-0.2, 0) is 11.3 Å². The Labute approximate surface area is 118 Å². The molecule has 104 valence electrons. The van der Waals surface area contributed by atoms with E-state index in [1.54, 1.807) is 7.11 Å². The van der Waals surface area contributed by atoms with Gasteiger partial charge in [-0.15, -0.1) is 0 Å². The Morgan fingerprint density at radius 3 is 2.67 bits per heavy atom. The molecule has 0 bridgehead atoms. The van der Waals surface area contributed by atoms with Crippen LogP contribution in [0.1, 0.15) is 45.3 Å². The van der Waals surface area contributed by atoms with Crippen LogP contribution in [0, 0.1) is 0 Å². The van der Waals surface area contributed by atoms with Gasteiger partial charge >= 0.3 is 0 Å². The number of nitrogens with zero attached hydrogens (tertiary/aromatic N) is 2. The highest BCUT2D eigenvalue weighted by molar-refractivity contribution is 9.10. The van der Waals surface area contributed by atoms with Gasteiger partial charge in [0.05, 0.1) is 28.5 Å². The molecule has 0 radical (unpaired) electrons. The molecule has 1 rings (SSSR count). The maximum atomic E-state index is 5.61. The van der Waals surface area contributed by atoms with Crippen molar-refractivity contribution in [2.75, 3.05) is 13.7 Å². The van der Waals surface area contributed by atoms with Crippen molar-refractivity contribution in [3.8, 4) is 0 Å². The summed E-state index contributed by atoms with van der Waals surface area (Å²) in [5.41, 5.74) is 1.18. The number of ether oxygens (including phenoxy) is 1. The molecule has 0 spiro atoms. The molecule has 0 fully saturated rings. The van der Waals surface area contributed by atoms with Gasteiger partial charge in [-0.1, -0.05) is 13.8 Å². The number of hydrogen-bond donors (Lipinski definition) is 1. The van der Waals surface area contributed by atoms with Crippen LogP contribution >= 0.6 is 15.9 Å². The first-order valence-electron chi connectivity index (χ1n) is 6.66. The molecular weight excluding hydrogens is 294 g/mol. The second-order valence-electron chi connectivity index (χ2n) is 4.31. The molecule has 0 saturated heterocycles. The molecule has 1 aromatic rings. The minimum absolute atomic E-state index is 0.162. The molecule has 1 heterocycles. The first-order chi connectivity index (χ1) is 8.69. The molecule has 2 atom stereocenters. The van der Waals surface area contributed by atoms with E-state index >= 15 is 0 Å². The molecule has 4 nitrogen and oxygen atoms in total. The van der Waals surface area contributed by atoms with Crippen LogP contribution < -0.4 is 5.32 Å². The van der Waals surface area contributed by atoms with Gasteiger partial charge in [-0.05, 0) is 42.2 Å². The lowest BCUT2D eigenvalue weighted by atomic mass is 10.0. The van der Waals surface area contributed by atoms with Crippen molar-refractivity contribution in [2.45, 2.75) is 52.3 Å². The molecule has 2 unspecified atom stereocenters. The van der Waals surface area contributed by atoms with Gasteiger partial charge < -0.3 is 10.1 Å². The number of rotatable bonds is 8. The molecule has 0 amide bonds. The van der Waals surface area contributed by atoms with Gasteiger partial charge in [-0.25, -0.2) is 0 Å². The predicted octanol–water partition coefficient (Wildman–Crippen LogP) is 3.13. The van der Waals surface area contributed by atoms with Crippen molar-refractivity contribution < 1.29 is 4.74 Å². The minimum atomic E-state index is 0.162. The summed E-state index contributed by atoms with van der Waals surface area (Å²) in [6.45, 7) is 8.27. The second-order valence-corrected chi connectivity index (χ2v) is 5.16. The van der Waals surface area contributed by atoms with Crippen molar-refractivity contribution in [1.82, 2.24) is 15.1 Å². The van der Waals surface area contributed by atoms with E-state index < -0.39 is 0 Å². The van der Waals surface area contributed by atoms with Crippen molar-refractivity contribution >= 4 is 15.9 Å².